The maximum Gasteiger partial charge on any atom is 0.121 e. The van der Waals surface area contributed by atoms with Crippen LogP contribution >= 0.6 is 12.4 Å². The van der Waals surface area contributed by atoms with Crippen LogP contribution in [-0.4, -0.2) is 30.9 Å². The first-order valence-corrected chi connectivity index (χ1v) is 7.43. The Labute approximate surface area is 137 Å². The molecule has 2 N–H and O–H groups in total. The van der Waals surface area contributed by atoms with Crippen molar-refractivity contribution in [1.82, 2.24) is 5.32 Å². The summed E-state index contributed by atoms with van der Waals surface area (Å²) in [7, 11) is 0. The monoisotopic (exact) mass is 319 g/mol. The van der Waals surface area contributed by atoms with Gasteiger partial charge in [-0.2, -0.15) is 0 Å². The van der Waals surface area contributed by atoms with Crippen molar-refractivity contribution in [1.29, 1.82) is 0 Å². The van der Waals surface area contributed by atoms with Crippen LogP contribution in [0.2, 0.25) is 0 Å². The molecule has 118 valence electrons. The molecule has 1 aliphatic rings. The summed E-state index contributed by atoms with van der Waals surface area (Å²) in [6.45, 7) is 2.14. The summed E-state index contributed by atoms with van der Waals surface area (Å²) < 4.78 is 5.86. The van der Waals surface area contributed by atoms with Gasteiger partial charge in [0.15, 0.2) is 0 Å². The summed E-state index contributed by atoms with van der Waals surface area (Å²) in [6.07, 6.45) is 0.304. The standard InChI is InChI=1S/C18H21NO2.ClH/c20-18(16-9-5-2-6-10-16,17-14-19-11-12-21-17)13-15-7-3-1-4-8-15;/h1-10,17,19-20H,11-14H2;1H/t17?,18-;/m1./s1. The molecule has 1 saturated heterocycles. The molecule has 2 aromatic carbocycles. The molecule has 0 bridgehead atoms. The van der Waals surface area contributed by atoms with Gasteiger partial charge in [0.2, 0.25) is 0 Å². The van der Waals surface area contributed by atoms with Crippen LogP contribution in [0.3, 0.4) is 0 Å². The third-order valence-electron chi connectivity index (χ3n) is 4.05. The Hall–Kier alpha value is -1.39. The average molecular weight is 320 g/mol. The van der Waals surface area contributed by atoms with E-state index in [1.165, 1.54) is 0 Å². The Morgan fingerprint density at radius 2 is 1.68 bits per heavy atom. The summed E-state index contributed by atoms with van der Waals surface area (Å²) in [5.74, 6) is 0. The van der Waals surface area contributed by atoms with Crippen molar-refractivity contribution < 1.29 is 9.84 Å². The van der Waals surface area contributed by atoms with E-state index in [4.69, 9.17) is 4.74 Å². The molecule has 2 aromatic rings. The highest BCUT2D eigenvalue weighted by molar-refractivity contribution is 5.85. The summed E-state index contributed by atoms with van der Waals surface area (Å²) in [6, 6.07) is 19.9. The van der Waals surface area contributed by atoms with Gasteiger partial charge in [-0.1, -0.05) is 60.7 Å². The van der Waals surface area contributed by atoms with E-state index >= 15 is 0 Å². The lowest BCUT2D eigenvalue weighted by Crippen LogP contribution is -2.52. The summed E-state index contributed by atoms with van der Waals surface area (Å²) in [5.41, 5.74) is 0.997. The van der Waals surface area contributed by atoms with Crippen LogP contribution in [0, 0.1) is 0 Å². The molecule has 0 saturated carbocycles. The lowest BCUT2D eigenvalue weighted by Gasteiger charge is -2.39. The number of halogens is 1. The first kappa shape index (κ1) is 17.0. The number of ether oxygens (including phenoxy) is 1. The van der Waals surface area contributed by atoms with Crippen LogP contribution in [0.1, 0.15) is 11.1 Å². The van der Waals surface area contributed by atoms with Crippen LogP contribution in [0.5, 0.6) is 0 Å². The summed E-state index contributed by atoms with van der Waals surface area (Å²) >= 11 is 0. The molecule has 3 nitrogen and oxygen atoms in total. The van der Waals surface area contributed by atoms with Gasteiger partial charge in [-0.3, -0.25) is 0 Å². The summed E-state index contributed by atoms with van der Waals surface area (Å²) in [5, 5.41) is 14.7. The highest BCUT2D eigenvalue weighted by Crippen LogP contribution is 2.31. The van der Waals surface area contributed by atoms with Gasteiger partial charge in [0.05, 0.1) is 6.61 Å². The predicted octanol–water partition coefficient (Wildman–Crippen LogP) is 2.53. The van der Waals surface area contributed by atoms with Gasteiger partial charge >= 0.3 is 0 Å². The topological polar surface area (TPSA) is 41.5 Å². The number of nitrogens with one attached hydrogen (secondary N) is 1. The van der Waals surface area contributed by atoms with Gasteiger partial charge in [-0.15, -0.1) is 12.4 Å². The number of rotatable bonds is 4. The SMILES string of the molecule is Cl.O[C@](Cc1ccccc1)(c1ccccc1)C1CNCCO1. The third-order valence-corrected chi connectivity index (χ3v) is 4.05. The average Bonchev–Trinajstić information content (AvgIpc) is 2.57. The second-order valence-electron chi connectivity index (χ2n) is 5.52. The van der Waals surface area contributed by atoms with Gasteiger partial charge in [0.25, 0.3) is 0 Å². The van der Waals surface area contributed by atoms with Gasteiger partial charge in [0, 0.05) is 19.5 Å². The van der Waals surface area contributed by atoms with Crippen molar-refractivity contribution in [2.45, 2.75) is 18.1 Å². The van der Waals surface area contributed by atoms with Gasteiger partial charge < -0.3 is 15.2 Å². The molecule has 0 amide bonds. The summed E-state index contributed by atoms with van der Waals surface area (Å²) in [4.78, 5) is 0. The largest absolute Gasteiger partial charge is 0.382 e. The Morgan fingerprint density at radius 3 is 2.27 bits per heavy atom. The number of aliphatic hydroxyl groups is 1. The minimum absolute atomic E-state index is 0. The fraction of sp³-hybridized carbons (Fsp3) is 0.333. The molecule has 4 heteroatoms. The fourth-order valence-corrected chi connectivity index (χ4v) is 2.91. The maximum absolute atomic E-state index is 11.4. The maximum atomic E-state index is 11.4. The molecule has 1 fully saturated rings. The Kier molecular flexibility index (Phi) is 5.98. The molecule has 0 spiro atoms. The molecule has 1 unspecified atom stereocenters. The van der Waals surface area contributed by atoms with E-state index in [1.54, 1.807) is 0 Å². The predicted molar refractivity (Wildman–Crippen MR) is 90.3 cm³/mol. The second kappa shape index (κ2) is 7.75. The Balaban J connectivity index is 0.00000176. The van der Waals surface area contributed by atoms with Crippen LogP contribution in [-0.2, 0) is 16.8 Å². The van der Waals surface area contributed by atoms with Crippen LogP contribution < -0.4 is 5.32 Å². The van der Waals surface area contributed by atoms with E-state index in [0.717, 1.165) is 17.7 Å². The van der Waals surface area contributed by atoms with Gasteiger partial charge in [-0.25, -0.2) is 0 Å². The van der Waals surface area contributed by atoms with Crippen molar-refractivity contribution in [3.8, 4) is 0 Å². The van der Waals surface area contributed by atoms with E-state index in [9.17, 15) is 5.11 Å². The van der Waals surface area contributed by atoms with Crippen LogP contribution in [0.4, 0.5) is 0 Å². The zero-order valence-corrected chi connectivity index (χ0v) is 13.3. The van der Waals surface area contributed by atoms with Crippen molar-refractivity contribution in [2.75, 3.05) is 19.7 Å². The van der Waals surface area contributed by atoms with Crippen molar-refractivity contribution >= 4 is 12.4 Å². The van der Waals surface area contributed by atoms with E-state index in [-0.39, 0.29) is 18.5 Å². The van der Waals surface area contributed by atoms with E-state index in [0.29, 0.717) is 19.6 Å². The highest BCUT2D eigenvalue weighted by Gasteiger charge is 2.40. The fourth-order valence-electron chi connectivity index (χ4n) is 2.91. The first-order valence-electron chi connectivity index (χ1n) is 7.43. The lowest BCUT2D eigenvalue weighted by molar-refractivity contribution is -0.124. The molecule has 0 radical (unpaired) electrons. The number of hydrogen-bond acceptors (Lipinski definition) is 3. The molecule has 0 aliphatic carbocycles. The molecule has 22 heavy (non-hydrogen) atoms. The third kappa shape index (κ3) is 3.68. The van der Waals surface area contributed by atoms with Crippen molar-refractivity contribution in [2.24, 2.45) is 0 Å². The Morgan fingerprint density at radius 1 is 1.05 bits per heavy atom. The number of morpholine rings is 1. The van der Waals surface area contributed by atoms with Crippen LogP contribution in [0.15, 0.2) is 60.7 Å². The molecule has 1 heterocycles. The van der Waals surface area contributed by atoms with Gasteiger partial charge in [-0.05, 0) is 11.1 Å². The van der Waals surface area contributed by atoms with Gasteiger partial charge in [0.1, 0.15) is 11.7 Å². The quantitative estimate of drug-likeness (QED) is 0.910. The van der Waals surface area contributed by atoms with E-state index in [1.807, 2.05) is 60.7 Å². The van der Waals surface area contributed by atoms with E-state index in [2.05, 4.69) is 5.32 Å². The smallest absolute Gasteiger partial charge is 0.121 e. The van der Waals surface area contributed by atoms with Crippen molar-refractivity contribution in [3.05, 3.63) is 71.8 Å². The minimum atomic E-state index is -1.02. The molecule has 1 aliphatic heterocycles. The second-order valence-corrected chi connectivity index (χ2v) is 5.52. The number of benzene rings is 2. The zero-order valence-electron chi connectivity index (χ0n) is 12.4. The molecule has 3 rings (SSSR count). The molecule has 0 aromatic heterocycles. The molecular weight excluding hydrogens is 298 g/mol. The number of hydrogen-bond donors (Lipinski definition) is 2. The lowest BCUT2D eigenvalue weighted by atomic mass is 9.82. The zero-order chi connectivity index (χ0) is 14.5. The normalized spacial score (nSPS) is 20.7. The van der Waals surface area contributed by atoms with E-state index < -0.39 is 5.60 Å². The molecular formula is C18H22ClNO2. The minimum Gasteiger partial charge on any atom is -0.382 e. The van der Waals surface area contributed by atoms with Crippen molar-refractivity contribution in [3.63, 3.8) is 0 Å². The molecule has 2 atom stereocenters. The first-order chi connectivity index (χ1) is 10.3. The Bertz CT molecular complexity index is 558. The van der Waals surface area contributed by atoms with Crippen LogP contribution in [0.25, 0.3) is 0 Å². The highest BCUT2D eigenvalue weighted by atomic mass is 35.5.